The first kappa shape index (κ1) is 48.1. The maximum Gasteiger partial charge on any atom is 3.00 e. The number of pyridine rings is 3. The number of nitrogens with zero attached hydrogens (tertiary/aromatic N) is 5. The molecule has 0 N–H and O–H groups in total. The van der Waals surface area contributed by atoms with Gasteiger partial charge < -0.3 is 9.97 Å². The number of hydrogen-bond donors (Lipinski definition) is 0. The van der Waals surface area contributed by atoms with E-state index in [1.807, 2.05) is 73.2 Å². The molecular formula is C72H45IrN5+. The summed E-state index contributed by atoms with van der Waals surface area (Å²) in [5, 5.41) is 5.05. The van der Waals surface area contributed by atoms with Crippen molar-refractivity contribution in [3.63, 3.8) is 0 Å². The molecule has 6 heteroatoms. The van der Waals surface area contributed by atoms with Gasteiger partial charge in [-0.05, 0) is 113 Å². The molecule has 0 bridgehead atoms. The summed E-state index contributed by atoms with van der Waals surface area (Å²) in [5.41, 5.74) is 24.8. The molecule has 12 aromatic rings. The van der Waals surface area contributed by atoms with E-state index in [1.165, 1.54) is 5.56 Å². The minimum Gasteiger partial charge on any atom is -0.304 e. The number of benzene rings is 9. The van der Waals surface area contributed by atoms with Gasteiger partial charge >= 0.3 is 20.1 Å². The first-order valence-electron chi connectivity index (χ1n) is 25.9. The Morgan fingerprint density at radius 1 is 0.359 bits per heavy atom. The van der Waals surface area contributed by atoms with Crippen LogP contribution in [0.15, 0.2) is 273 Å². The van der Waals surface area contributed by atoms with E-state index in [0.717, 1.165) is 128 Å². The quantitative estimate of drug-likeness (QED) is 0.101. The Bertz CT molecular complexity index is 4090. The second kappa shape index (κ2) is 20.9. The van der Waals surface area contributed by atoms with E-state index < -0.39 is 0 Å². The molecule has 5 nitrogen and oxygen atoms in total. The van der Waals surface area contributed by atoms with E-state index in [4.69, 9.17) is 20.1 Å². The molecular weight excluding hydrogens is 1130 g/mol. The van der Waals surface area contributed by atoms with Crippen molar-refractivity contribution in [2.75, 3.05) is 0 Å². The van der Waals surface area contributed by atoms with Crippen molar-refractivity contribution in [2.24, 2.45) is 5.11 Å². The Labute approximate surface area is 467 Å². The van der Waals surface area contributed by atoms with Gasteiger partial charge in [-0.15, -0.1) is 102 Å². The van der Waals surface area contributed by atoms with Crippen molar-refractivity contribution >= 4 is 5.69 Å². The van der Waals surface area contributed by atoms with Gasteiger partial charge in [-0.25, -0.2) is 0 Å². The molecule has 0 fully saturated rings. The van der Waals surface area contributed by atoms with Crippen molar-refractivity contribution in [3.8, 4) is 123 Å². The van der Waals surface area contributed by atoms with Crippen LogP contribution in [-0.4, -0.2) is 19.6 Å². The van der Waals surface area contributed by atoms with Crippen LogP contribution in [-0.2, 0) is 20.1 Å². The smallest absolute Gasteiger partial charge is 0.304 e. The van der Waals surface area contributed by atoms with Crippen LogP contribution >= 0.6 is 0 Å². The number of rotatable bonds is 10. The van der Waals surface area contributed by atoms with Crippen LogP contribution in [0.1, 0.15) is 11.6 Å². The van der Waals surface area contributed by atoms with E-state index >= 15 is 0 Å². The molecule has 2 aliphatic rings. The summed E-state index contributed by atoms with van der Waals surface area (Å²) in [6, 6.07) is 93.4. The van der Waals surface area contributed by atoms with Crippen LogP contribution in [0.4, 0.5) is 5.69 Å². The second-order valence-corrected chi connectivity index (χ2v) is 19.3. The third kappa shape index (κ3) is 8.83. The van der Waals surface area contributed by atoms with Crippen molar-refractivity contribution in [2.45, 2.75) is 6.04 Å². The standard InChI is InChI=1S/C72H45N5.Ir/c1-4-18-48(19-5-1)49-32-34-52(35-33-49)70-66(47-75-71-65-31-17-16-30-64(65)69-40-41-76-77(69)72(70)71)63-29-15-14-28-62(63)57-43-55(60-26-12-10-24-58(60)53-36-38-67(73-45-53)50-20-6-2-7-21-50)42-56(44-57)61-27-13-11-25-59(61)54-37-39-68(74-46-54)51-22-8-3-9-23-51;/h1-20,22,24-30,32-47,69H;/q-2;+3. The van der Waals surface area contributed by atoms with Gasteiger partial charge in [0, 0.05) is 30.2 Å². The van der Waals surface area contributed by atoms with Gasteiger partial charge in [-0.2, -0.15) is 0 Å². The molecule has 0 saturated heterocycles. The van der Waals surface area contributed by atoms with Crippen LogP contribution in [0.25, 0.3) is 123 Å². The number of hydrogen-bond acceptors (Lipinski definition) is 4. The molecule has 0 aliphatic carbocycles. The fourth-order valence-electron chi connectivity index (χ4n) is 11.1. The minimum atomic E-state index is -0.0879. The van der Waals surface area contributed by atoms with Crippen molar-refractivity contribution < 1.29 is 24.8 Å². The van der Waals surface area contributed by atoms with E-state index in [-0.39, 0.29) is 26.1 Å². The summed E-state index contributed by atoms with van der Waals surface area (Å²) in [6.45, 7) is 0. The first-order valence-corrected chi connectivity index (χ1v) is 25.9. The molecule has 0 radical (unpaired) electrons. The molecule has 0 spiro atoms. The molecule has 1 atom stereocenters. The van der Waals surface area contributed by atoms with Gasteiger partial charge in [0.05, 0.1) is 17.5 Å². The summed E-state index contributed by atoms with van der Waals surface area (Å²) in [4.78, 5) is 15.3. The normalized spacial score (nSPS) is 12.9. The van der Waals surface area contributed by atoms with E-state index in [1.54, 1.807) is 0 Å². The molecule has 14 rings (SSSR count). The van der Waals surface area contributed by atoms with E-state index in [9.17, 15) is 0 Å². The Kier molecular flexibility index (Phi) is 12.9. The monoisotopic (exact) mass is 1170 g/mol. The molecule has 1 unspecified atom stereocenters. The SMILES string of the molecule is [Ir+3].[c-]1ccccc1-c1ccc(-c2ccccc2-c2cc(-c3ccccc3-c3ccc(-c4[c-]cccc4)nc3)cc(-c3ccccc3-c3cnc4c(c3-c3ccc(-c5ccccc5)cc3)[N+]3=NC=CC3c3ccc[c-]c3-4)c2)cn1. The van der Waals surface area contributed by atoms with Crippen molar-refractivity contribution in [3.05, 3.63) is 291 Å². The zero-order valence-electron chi connectivity index (χ0n) is 42.1. The fourth-order valence-corrected chi connectivity index (χ4v) is 11.1. The van der Waals surface area contributed by atoms with Crippen LogP contribution in [0.3, 0.4) is 0 Å². The summed E-state index contributed by atoms with van der Waals surface area (Å²) < 4.78 is 2.15. The van der Waals surface area contributed by atoms with E-state index in [0.29, 0.717) is 0 Å². The zero-order chi connectivity index (χ0) is 51.1. The maximum atomic E-state index is 5.38. The van der Waals surface area contributed by atoms with Gasteiger partial charge in [0.25, 0.3) is 0 Å². The Morgan fingerprint density at radius 3 is 1.37 bits per heavy atom. The van der Waals surface area contributed by atoms with Crippen LogP contribution in [0.2, 0.25) is 0 Å². The predicted octanol–water partition coefficient (Wildman–Crippen LogP) is 18.3. The Hall–Kier alpha value is -9.58. The van der Waals surface area contributed by atoms with Gasteiger partial charge in [-0.3, -0.25) is 4.98 Å². The molecule has 5 heterocycles. The maximum absolute atomic E-state index is 5.38. The van der Waals surface area contributed by atoms with Crippen LogP contribution < -0.4 is 0 Å². The molecule has 0 amide bonds. The minimum absolute atomic E-state index is 0. The van der Waals surface area contributed by atoms with Gasteiger partial charge in [-0.1, -0.05) is 162 Å². The topological polar surface area (TPSA) is 54.0 Å². The van der Waals surface area contributed by atoms with Gasteiger partial charge in [0.2, 0.25) is 5.69 Å². The van der Waals surface area contributed by atoms with E-state index in [2.05, 4.69) is 217 Å². The fraction of sp³-hybridized carbons (Fsp3) is 0.0139. The molecule has 3 aromatic heterocycles. The van der Waals surface area contributed by atoms with Gasteiger partial charge in [0.1, 0.15) is 0 Å². The summed E-state index contributed by atoms with van der Waals surface area (Å²) >= 11 is 0. The summed E-state index contributed by atoms with van der Waals surface area (Å²) in [7, 11) is 0. The van der Waals surface area contributed by atoms with Crippen molar-refractivity contribution in [1.82, 2.24) is 15.0 Å². The molecule has 366 valence electrons. The zero-order valence-corrected chi connectivity index (χ0v) is 44.4. The van der Waals surface area contributed by atoms with Crippen LogP contribution in [0.5, 0.6) is 0 Å². The third-order valence-corrected chi connectivity index (χ3v) is 14.8. The average molecular weight is 1170 g/mol. The Balaban J connectivity index is 0.00000579. The Morgan fingerprint density at radius 2 is 0.833 bits per heavy atom. The molecule has 2 aliphatic heterocycles. The second-order valence-electron chi connectivity index (χ2n) is 19.3. The number of azo groups is 2. The average Bonchev–Trinajstić information content (AvgIpc) is 4.20. The molecule has 9 aromatic carbocycles. The number of fused-ring (bicyclic) bond motifs is 6. The molecule has 78 heavy (non-hydrogen) atoms. The largest absolute Gasteiger partial charge is 3.00 e. The first-order chi connectivity index (χ1) is 38.2. The summed E-state index contributed by atoms with van der Waals surface area (Å²) in [6.07, 6.45) is 10.1. The third-order valence-electron chi connectivity index (χ3n) is 14.8. The molecule has 0 saturated carbocycles. The number of aromatic nitrogens is 3. The van der Waals surface area contributed by atoms with Crippen LogP contribution in [0, 0.1) is 18.2 Å². The predicted molar refractivity (Wildman–Crippen MR) is 310 cm³/mol. The summed E-state index contributed by atoms with van der Waals surface area (Å²) in [5.74, 6) is 0. The van der Waals surface area contributed by atoms with Crippen molar-refractivity contribution in [1.29, 1.82) is 0 Å². The van der Waals surface area contributed by atoms with Gasteiger partial charge in [0.15, 0.2) is 6.04 Å².